The van der Waals surface area contributed by atoms with E-state index in [1.807, 2.05) is 6.07 Å². The van der Waals surface area contributed by atoms with Gasteiger partial charge >= 0.3 is 24.2 Å². The van der Waals surface area contributed by atoms with Crippen LogP contribution < -0.4 is 32.0 Å². The van der Waals surface area contributed by atoms with Crippen molar-refractivity contribution in [2.75, 3.05) is 20.0 Å². The zero-order chi connectivity index (χ0) is 64.1. The van der Waals surface area contributed by atoms with Crippen LogP contribution in [0.5, 0.6) is 23.0 Å². The first-order valence-corrected chi connectivity index (χ1v) is 25.7. The molecule has 0 unspecified atom stereocenters. The van der Waals surface area contributed by atoms with Crippen molar-refractivity contribution in [3.8, 4) is 34.4 Å². The molecule has 452 valence electrons. The van der Waals surface area contributed by atoms with Gasteiger partial charge in [0.1, 0.15) is 11.6 Å². The maximum atomic E-state index is 13.3. The molecule has 3 aromatic heterocycles. The highest BCUT2D eigenvalue weighted by molar-refractivity contribution is 5.82. The van der Waals surface area contributed by atoms with E-state index in [2.05, 4.69) is 15.0 Å². The summed E-state index contributed by atoms with van der Waals surface area (Å²) in [5, 5.41) is 20.7. The number of halogens is 9. The Morgan fingerprint density at radius 1 is 0.489 bits per heavy atom. The maximum absolute atomic E-state index is 13.3. The summed E-state index contributed by atoms with van der Waals surface area (Å²) in [5.41, 5.74) is 4.08. The molecule has 0 amide bonds. The van der Waals surface area contributed by atoms with Crippen molar-refractivity contribution in [1.82, 2.24) is 24.1 Å². The predicted octanol–water partition coefficient (Wildman–Crippen LogP) is 14.0. The molecule has 0 saturated carbocycles. The monoisotopic (exact) mass is 1220 g/mol. The number of nitrogens with zero attached hydrogens (tertiary/aromatic N) is 5. The topological polar surface area (TPSA) is 215 Å². The number of fused-ring (bicyclic) bond motifs is 3. The number of methoxy groups -OCH3 is 2. The minimum absolute atomic E-state index is 0.0255. The van der Waals surface area contributed by atoms with Crippen LogP contribution in [-0.4, -0.2) is 54.8 Å². The number of phenolic OH excluding ortho intramolecular Hbond substituents is 2. The highest BCUT2D eigenvalue weighted by atomic mass is 19.4. The van der Waals surface area contributed by atoms with Gasteiger partial charge in [0, 0.05) is 18.2 Å². The van der Waals surface area contributed by atoms with Gasteiger partial charge < -0.3 is 29.8 Å². The lowest BCUT2D eigenvalue weighted by Gasteiger charge is -2.14. The third kappa shape index (κ3) is 15.8. The number of carbonyl (C=O) groups is 1. The number of nitrogens with two attached hydrogens (primary N) is 1. The lowest BCUT2D eigenvalue weighted by Crippen LogP contribution is -2.22. The molecule has 15 nitrogen and oxygen atoms in total. The number of hydrogen-bond donors (Lipinski definition) is 3. The summed E-state index contributed by atoms with van der Waals surface area (Å²) in [4.78, 5) is 60.1. The highest BCUT2D eigenvalue weighted by Crippen LogP contribution is 2.34. The maximum Gasteiger partial charge on any atom is 0.416 e. The Bertz CT molecular complexity index is 4520. The second-order valence-electron chi connectivity index (χ2n) is 18.4. The molecule has 0 aliphatic rings. The van der Waals surface area contributed by atoms with E-state index in [4.69, 9.17) is 19.6 Å². The van der Waals surface area contributed by atoms with Gasteiger partial charge in [-0.05, 0) is 128 Å². The standard InChI is InChI=1S/C24H17F3N2O3.C16H11F3N2O.C9H7NO2.C8H8O3.C7H6F3N/c1-32-20-11-4-6-15(22(20)30)12-13-21-28-19-10-3-2-9-18(19)23(31)29(21)17-8-5-7-16(14-17)24(25,26)27;1-10-20-14-8-3-2-7-13(14)15(22)21(10)12-6-4-5-11(9-12)16(17,18)19;1-6-10-8-5-3-2-4-7(8)9(11)12-6;1-11-7-4-2-3-6(5-9)8(7)10;8-7(9,10)5-2-1-3-6(11)4-5/h2-14,30H,1H3;2-9H,1H3;2-5H,1H3;2-5,10H,1H3;1-4H,11H2/b13-12+;;;;. The first-order chi connectivity index (χ1) is 41.7. The number of aryl methyl sites for hydroxylation is 2. The van der Waals surface area contributed by atoms with E-state index in [0.29, 0.717) is 56.6 Å². The van der Waals surface area contributed by atoms with Crippen molar-refractivity contribution in [3.05, 3.63) is 258 Å². The van der Waals surface area contributed by atoms with Gasteiger partial charge in [0.25, 0.3) is 11.1 Å². The molecule has 0 aliphatic heterocycles. The van der Waals surface area contributed by atoms with E-state index in [0.717, 1.165) is 41.0 Å². The second-order valence-corrected chi connectivity index (χ2v) is 18.4. The zero-order valence-electron chi connectivity index (χ0n) is 46.5. The normalized spacial score (nSPS) is 11.3. The molecule has 0 saturated heterocycles. The van der Waals surface area contributed by atoms with Gasteiger partial charge in [0.2, 0.25) is 0 Å². The Balaban J connectivity index is 0.000000170. The van der Waals surface area contributed by atoms with Gasteiger partial charge in [-0.1, -0.05) is 72.8 Å². The lowest BCUT2D eigenvalue weighted by molar-refractivity contribution is -0.138. The summed E-state index contributed by atoms with van der Waals surface area (Å²) in [7, 11) is 2.85. The Hall–Kier alpha value is -11.0. The van der Waals surface area contributed by atoms with Crippen LogP contribution in [0.2, 0.25) is 0 Å². The molecule has 4 N–H and O–H groups in total. The third-order valence-corrected chi connectivity index (χ3v) is 12.5. The summed E-state index contributed by atoms with van der Waals surface area (Å²) in [6.45, 7) is 3.25. The number of aromatic nitrogens is 5. The number of alkyl halides is 9. The van der Waals surface area contributed by atoms with Gasteiger partial charge in [0.15, 0.2) is 35.2 Å². The van der Waals surface area contributed by atoms with Gasteiger partial charge in [-0.15, -0.1) is 0 Å². The minimum atomic E-state index is -4.56. The Kier molecular flexibility index (Phi) is 20.4. The van der Waals surface area contributed by atoms with Crippen molar-refractivity contribution in [2.45, 2.75) is 32.4 Å². The molecular formula is C64H49F9N6O9. The summed E-state index contributed by atoms with van der Waals surface area (Å²) in [5.74, 6) is 1.20. The number of benzene rings is 8. The SMILES string of the molecule is COc1cccc(/C=C/c2nc3ccccc3c(=O)n2-c2cccc(C(F)(F)F)c2)c1O.COc1cccc(C=O)c1O.Cc1nc2ccccc2c(=O)n1-c1cccc(C(F)(F)F)c1.Cc1nc2ccccc2c(=O)o1.Nc1cccc(C(F)(F)F)c1. The quantitative estimate of drug-likeness (QED) is 0.0770. The zero-order valence-corrected chi connectivity index (χ0v) is 46.5. The molecule has 11 rings (SSSR count). The number of nitrogen functional groups attached to an aromatic ring is 1. The molecule has 24 heteroatoms. The predicted molar refractivity (Wildman–Crippen MR) is 314 cm³/mol. The third-order valence-electron chi connectivity index (χ3n) is 12.5. The first kappa shape index (κ1) is 64.5. The Morgan fingerprint density at radius 2 is 0.909 bits per heavy atom. The van der Waals surface area contributed by atoms with E-state index in [1.165, 1.54) is 73.4 Å². The largest absolute Gasteiger partial charge is 0.504 e. The van der Waals surface area contributed by atoms with Crippen LogP contribution in [0.15, 0.2) is 201 Å². The number of ether oxygens (including phenoxy) is 2. The average molecular weight is 1220 g/mol. The van der Waals surface area contributed by atoms with Crippen LogP contribution in [0.4, 0.5) is 45.2 Å². The van der Waals surface area contributed by atoms with E-state index in [1.54, 1.807) is 111 Å². The average Bonchev–Trinajstić information content (AvgIpc) is 1.19. The number of aldehydes is 1. The molecule has 11 aromatic rings. The van der Waals surface area contributed by atoms with Crippen molar-refractivity contribution in [2.24, 2.45) is 0 Å². The van der Waals surface area contributed by atoms with E-state index in [9.17, 15) is 68.9 Å². The molecule has 0 radical (unpaired) electrons. The van der Waals surface area contributed by atoms with Gasteiger partial charge in [0.05, 0.1) is 80.6 Å². The van der Waals surface area contributed by atoms with E-state index < -0.39 is 40.8 Å². The first-order valence-electron chi connectivity index (χ1n) is 25.7. The van der Waals surface area contributed by atoms with E-state index in [-0.39, 0.29) is 62.3 Å². The summed E-state index contributed by atoms with van der Waals surface area (Å²) in [6.07, 6.45) is -9.77. The fourth-order valence-corrected chi connectivity index (χ4v) is 8.34. The molecular weight excluding hydrogens is 1170 g/mol. The smallest absolute Gasteiger partial charge is 0.416 e. The minimum Gasteiger partial charge on any atom is -0.504 e. The summed E-state index contributed by atoms with van der Waals surface area (Å²) >= 11 is 0. The molecule has 0 fully saturated rings. The lowest BCUT2D eigenvalue weighted by atomic mass is 10.1. The van der Waals surface area contributed by atoms with Crippen LogP contribution in [0.25, 0.3) is 56.2 Å². The molecule has 0 atom stereocenters. The summed E-state index contributed by atoms with van der Waals surface area (Å²) < 4.78 is 131. The molecule has 88 heavy (non-hydrogen) atoms. The molecule has 3 heterocycles. The number of hydrogen-bond acceptors (Lipinski definition) is 13. The van der Waals surface area contributed by atoms with Gasteiger partial charge in [-0.25, -0.2) is 19.7 Å². The van der Waals surface area contributed by atoms with Crippen LogP contribution in [0, 0.1) is 13.8 Å². The number of rotatable bonds is 7. The van der Waals surface area contributed by atoms with Crippen molar-refractivity contribution in [1.29, 1.82) is 0 Å². The molecule has 8 aromatic carbocycles. The summed E-state index contributed by atoms with van der Waals surface area (Å²) in [6, 6.07) is 43.8. The van der Waals surface area contributed by atoms with Crippen LogP contribution >= 0.6 is 0 Å². The van der Waals surface area contributed by atoms with Crippen LogP contribution in [0.1, 0.15) is 50.2 Å². The fourth-order valence-electron chi connectivity index (χ4n) is 8.34. The van der Waals surface area contributed by atoms with Gasteiger partial charge in [-0.2, -0.15) is 39.5 Å². The van der Waals surface area contributed by atoms with E-state index >= 15 is 0 Å². The Labute approximate surface area is 492 Å². The number of carbonyl (C=O) groups excluding carboxylic acids is 1. The molecule has 0 aliphatic carbocycles. The van der Waals surface area contributed by atoms with Crippen molar-refractivity contribution < 1.29 is 68.4 Å². The van der Waals surface area contributed by atoms with Gasteiger partial charge in [-0.3, -0.25) is 23.5 Å². The second kappa shape index (κ2) is 27.8. The number of para-hydroxylation sites is 5. The number of aromatic hydroxyl groups is 2. The van der Waals surface area contributed by atoms with Crippen LogP contribution in [0.3, 0.4) is 0 Å². The highest BCUT2D eigenvalue weighted by Gasteiger charge is 2.32. The molecule has 0 bridgehead atoms. The Morgan fingerprint density at radius 3 is 1.40 bits per heavy atom. The van der Waals surface area contributed by atoms with Crippen molar-refractivity contribution >= 4 is 56.8 Å². The fraction of sp³-hybridized carbons (Fsp3) is 0.109. The number of anilines is 1. The van der Waals surface area contributed by atoms with Crippen molar-refractivity contribution in [3.63, 3.8) is 0 Å². The molecule has 0 spiro atoms. The number of phenols is 2. The van der Waals surface area contributed by atoms with Crippen LogP contribution in [-0.2, 0) is 18.5 Å².